The van der Waals surface area contributed by atoms with E-state index in [0.717, 1.165) is 12.1 Å². The summed E-state index contributed by atoms with van der Waals surface area (Å²) in [5, 5.41) is 0.240. The molecule has 0 aliphatic heterocycles. The molecule has 0 atom stereocenters. The number of hydrogen-bond acceptors (Lipinski definition) is 4. The minimum atomic E-state index is -4.43. The lowest BCUT2D eigenvalue weighted by molar-refractivity contribution is -0.137. The largest absolute Gasteiger partial charge is 0.463 e. The van der Waals surface area contributed by atoms with Crippen LogP contribution in [0.3, 0.4) is 0 Å². The molecule has 0 aliphatic carbocycles. The molecule has 2 aromatic heterocycles. The van der Waals surface area contributed by atoms with Gasteiger partial charge in [-0.2, -0.15) is 13.2 Å². The van der Waals surface area contributed by atoms with Gasteiger partial charge in [0.05, 0.1) is 17.3 Å². The van der Waals surface area contributed by atoms with E-state index in [1.165, 1.54) is 12.3 Å². The van der Waals surface area contributed by atoms with Crippen molar-refractivity contribution in [1.82, 2.24) is 9.97 Å². The smallest absolute Gasteiger partial charge is 0.416 e. The van der Waals surface area contributed by atoms with Crippen molar-refractivity contribution in [3.05, 3.63) is 42.2 Å². The van der Waals surface area contributed by atoms with Crippen LogP contribution in [0.15, 0.2) is 41.0 Å². The highest BCUT2D eigenvalue weighted by Crippen LogP contribution is 2.34. The zero-order chi connectivity index (χ0) is 14.3. The Morgan fingerprint density at radius 3 is 2.55 bits per heavy atom. The number of benzene rings is 1. The highest BCUT2D eigenvalue weighted by Gasteiger charge is 2.31. The Bertz CT molecular complexity index is 766. The van der Waals surface area contributed by atoms with Gasteiger partial charge in [-0.05, 0) is 30.3 Å². The second kappa shape index (κ2) is 4.22. The molecule has 0 saturated heterocycles. The summed E-state index contributed by atoms with van der Waals surface area (Å²) in [7, 11) is 0. The molecule has 0 unspecified atom stereocenters. The summed E-state index contributed by atoms with van der Waals surface area (Å²) in [6, 6.07) is 6.44. The molecule has 20 heavy (non-hydrogen) atoms. The fourth-order valence-corrected chi connectivity index (χ4v) is 1.92. The number of nitrogens with two attached hydrogens (primary N) is 1. The van der Waals surface area contributed by atoms with E-state index in [2.05, 4.69) is 9.97 Å². The van der Waals surface area contributed by atoms with Crippen LogP contribution >= 0.6 is 0 Å². The van der Waals surface area contributed by atoms with Crippen LogP contribution in [0.2, 0.25) is 0 Å². The predicted molar refractivity (Wildman–Crippen MR) is 66.7 cm³/mol. The number of aromatic nitrogens is 2. The third kappa shape index (κ3) is 2.07. The molecule has 0 amide bonds. The quantitative estimate of drug-likeness (QED) is 0.740. The van der Waals surface area contributed by atoms with E-state index in [1.807, 2.05) is 0 Å². The van der Waals surface area contributed by atoms with E-state index >= 15 is 0 Å². The Morgan fingerprint density at radius 1 is 1.10 bits per heavy atom. The molecule has 2 heterocycles. The lowest BCUT2D eigenvalue weighted by Crippen LogP contribution is -2.05. The number of nitrogens with zero attached hydrogens (tertiary/aromatic N) is 2. The maximum atomic E-state index is 12.8. The molecule has 0 radical (unpaired) electrons. The molecular weight excluding hydrogens is 271 g/mol. The number of alkyl halides is 3. The van der Waals surface area contributed by atoms with Gasteiger partial charge in [0, 0.05) is 5.39 Å². The molecule has 3 aromatic rings. The molecule has 0 fully saturated rings. The van der Waals surface area contributed by atoms with Crippen molar-refractivity contribution in [2.45, 2.75) is 6.18 Å². The molecule has 102 valence electrons. The van der Waals surface area contributed by atoms with Gasteiger partial charge in [0.1, 0.15) is 5.69 Å². The molecular formula is C13H8F3N3O. The van der Waals surface area contributed by atoms with Gasteiger partial charge in [-0.3, -0.25) is 0 Å². The highest BCUT2D eigenvalue weighted by atomic mass is 19.4. The van der Waals surface area contributed by atoms with Crippen molar-refractivity contribution in [2.24, 2.45) is 0 Å². The maximum Gasteiger partial charge on any atom is 0.416 e. The number of hydrogen-bond donors (Lipinski definition) is 1. The Kier molecular flexibility index (Phi) is 2.63. The Morgan fingerprint density at radius 2 is 1.90 bits per heavy atom. The minimum Gasteiger partial charge on any atom is -0.463 e. The van der Waals surface area contributed by atoms with Crippen molar-refractivity contribution >= 4 is 16.9 Å². The number of halogens is 3. The van der Waals surface area contributed by atoms with Gasteiger partial charge in [0.15, 0.2) is 5.76 Å². The lowest BCUT2D eigenvalue weighted by atomic mass is 10.1. The summed E-state index contributed by atoms with van der Waals surface area (Å²) in [6.45, 7) is 0. The first-order valence-corrected chi connectivity index (χ1v) is 5.63. The standard InChI is InChI=1S/C13H8F3N3O/c14-13(15,16)7-3-4-9-8(6-7)11(19-12(17)18-9)10-2-1-5-20-10/h1-6H,(H2,17,18,19). The number of rotatable bonds is 1. The summed E-state index contributed by atoms with van der Waals surface area (Å²) in [4.78, 5) is 7.90. The molecule has 2 N–H and O–H groups in total. The third-order valence-electron chi connectivity index (χ3n) is 2.79. The first-order valence-electron chi connectivity index (χ1n) is 5.63. The van der Waals surface area contributed by atoms with Gasteiger partial charge in [-0.15, -0.1) is 0 Å². The van der Waals surface area contributed by atoms with Crippen LogP contribution in [0.4, 0.5) is 19.1 Å². The van der Waals surface area contributed by atoms with E-state index in [9.17, 15) is 13.2 Å². The van der Waals surface area contributed by atoms with Crippen molar-refractivity contribution < 1.29 is 17.6 Å². The average Bonchev–Trinajstić information content (AvgIpc) is 2.89. The van der Waals surface area contributed by atoms with E-state index < -0.39 is 11.7 Å². The molecule has 0 aliphatic rings. The Hall–Kier alpha value is -2.57. The van der Waals surface area contributed by atoms with Crippen molar-refractivity contribution in [3.63, 3.8) is 0 Å². The van der Waals surface area contributed by atoms with Crippen LogP contribution in [-0.4, -0.2) is 9.97 Å². The zero-order valence-corrected chi connectivity index (χ0v) is 9.98. The summed E-state index contributed by atoms with van der Waals surface area (Å²) in [6.07, 6.45) is -3.02. The van der Waals surface area contributed by atoms with Crippen LogP contribution in [0, 0.1) is 0 Å². The van der Waals surface area contributed by atoms with Crippen LogP contribution < -0.4 is 5.73 Å². The molecule has 7 heteroatoms. The molecule has 0 spiro atoms. The summed E-state index contributed by atoms with van der Waals surface area (Å²) >= 11 is 0. The van der Waals surface area contributed by atoms with E-state index in [0.29, 0.717) is 11.3 Å². The fraction of sp³-hybridized carbons (Fsp3) is 0.0769. The molecule has 4 nitrogen and oxygen atoms in total. The van der Waals surface area contributed by atoms with Crippen LogP contribution in [0.5, 0.6) is 0 Å². The number of nitrogen functional groups attached to an aromatic ring is 1. The van der Waals surface area contributed by atoms with Gasteiger partial charge in [-0.1, -0.05) is 0 Å². The molecule has 3 rings (SSSR count). The minimum absolute atomic E-state index is 0.0244. The second-order valence-electron chi connectivity index (χ2n) is 4.14. The zero-order valence-electron chi connectivity index (χ0n) is 9.98. The Balaban J connectivity index is 2.32. The summed E-state index contributed by atoms with van der Waals surface area (Å²) in [5.74, 6) is 0.312. The first-order chi connectivity index (χ1) is 9.45. The first kappa shape index (κ1) is 12.5. The van der Waals surface area contributed by atoms with Crippen molar-refractivity contribution in [1.29, 1.82) is 0 Å². The van der Waals surface area contributed by atoms with Gasteiger partial charge in [-0.25, -0.2) is 9.97 Å². The normalized spacial score (nSPS) is 11.9. The summed E-state index contributed by atoms with van der Waals surface area (Å²) < 4.78 is 43.5. The van der Waals surface area contributed by atoms with Crippen molar-refractivity contribution in [2.75, 3.05) is 5.73 Å². The van der Waals surface area contributed by atoms with Gasteiger partial charge in [0.25, 0.3) is 0 Å². The maximum absolute atomic E-state index is 12.8. The van der Waals surface area contributed by atoms with E-state index in [4.69, 9.17) is 10.2 Å². The number of furan rings is 1. The monoisotopic (exact) mass is 279 g/mol. The third-order valence-corrected chi connectivity index (χ3v) is 2.79. The fourth-order valence-electron chi connectivity index (χ4n) is 1.92. The Labute approximate surface area is 111 Å². The number of fused-ring (bicyclic) bond motifs is 1. The van der Waals surface area contributed by atoms with Gasteiger partial charge in [0.2, 0.25) is 5.95 Å². The second-order valence-corrected chi connectivity index (χ2v) is 4.14. The van der Waals surface area contributed by atoms with Crippen LogP contribution in [0.25, 0.3) is 22.4 Å². The molecule has 1 aromatic carbocycles. The molecule has 0 saturated carbocycles. The lowest BCUT2D eigenvalue weighted by Gasteiger charge is -2.09. The van der Waals surface area contributed by atoms with E-state index in [1.54, 1.807) is 12.1 Å². The predicted octanol–water partition coefficient (Wildman–Crippen LogP) is 3.49. The van der Waals surface area contributed by atoms with Crippen LogP contribution in [0.1, 0.15) is 5.56 Å². The van der Waals surface area contributed by atoms with Gasteiger partial charge >= 0.3 is 6.18 Å². The average molecular weight is 279 g/mol. The topological polar surface area (TPSA) is 64.9 Å². The van der Waals surface area contributed by atoms with Crippen molar-refractivity contribution in [3.8, 4) is 11.5 Å². The molecule has 0 bridgehead atoms. The SMILES string of the molecule is Nc1nc(-c2ccco2)c2cc(C(F)(F)F)ccc2n1. The number of anilines is 1. The van der Waals surface area contributed by atoms with E-state index in [-0.39, 0.29) is 17.0 Å². The van der Waals surface area contributed by atoms with Gasteiger partial charge < -0.3 is 10.2 Å². The highest BCUT2D eigenvalue weighted by molar-refractivity contribution is 5.92. The summed E-state index contributed by atoms with van der Waals surface area (Å²) in [5.41, 5.74) is 5.37. The van der Waals surface area contributed by atoms with Crippen LogP contribution in [-0.2, 0) is 6.18 Å².